The average molecular weight is 241 g/mol. The lowest BCUT2D eigenvalue weighted by Gasteiger charge is -2.34. The van der Waals surface area contributed by atoms with Gasteiger partial charge in [0.1, 0.15) is 0 Å². The van der Waals surface area contributed by atoms with E-state index in [2.05, 4.69) is 5.32 Å². The molecule has 0 aromatic heterocycles. The smallest absolute Gasteiger partial charge is 0.239 e. The molecule has 1 heterocycles. The zero-order valence-electron chi connectivity index (χ0n) is 10.9. The second-order valence-electron chi connectivity index (χ2n) is 5.07. The van der Waals surface area contributed by atoms with E-state index in [1.807, 2.05) is 18.7 Å². The van der Waals surface area contributed by atoms with Gasteiger partial charge in [0.15, 0.2) is 0 Å². The summed E-state index contributed by atoms with van der Waals surface area (Å²) in [6.07, 6.45) is 1.63. The van der Waals surface area contributed by atoms with E-state index in [4.69, 9.17) is 5.73 Å². The predicted octanol–water partition coefficient (Wildman–Crippen LogP) is 0.0968. The molecule has 5 nitrogen and oxygen atoms in total. The van der Waals surface area contributed by atoms with Crippen LogP contribution in [0, 0.1) is 5.92 Å². The van der Waals surface area contributed by atoms with E-state index in [9.17, 15) is 9.59 Å². The first-order chi connectivity index (χ1) is 7.91. The lowest BCUT2D eigenvalue weighted by Crippen LogP contribution is -2.52. The van der Waals surface area contributed by atoms with Crippen molar-refractivity contribution in [2.45, 2.75) is 45.7 Å². The van der Waals surface area contributed by atoms with Crippen molar-refractivity contribution in [1.29, 1.82) is 0 Å². The number of nitrogens with two attached hydrogens (primary N) is 1. The Morgan fingerprint density at radius 1 is 1.29 bits per heavy atom. The number of rotatable bonds is 3. The second kappa shape index (κ2) is 6.00. The summed E-state index contributed by atoms with van der Waals surface area (Å²) in [5.74, 6) is 0.186. The van der Waals surface area contributed by atoms with Gasteiger partial charge in [0.25, 0.3) is 0 Å². The van der Waals surface area contributed by atoms with Gasteiger partial charge >= 0.3 is 0 Å². The summed E-state index contributed by atoms with van der Waals surface area (Å²) in [7, 11) is 0. The summed E-state index contributed by atoms with van der Waals surface area (Å²) in [5.41, 5.74) is 5.85. The Kier molecular flexibility index (Phi) is 4.93. The van der Waals surface area contributed by atoms with Crippen LogP contribution in [-0.4, -0.2) is 41.9 Å². The summed E-state index contributed by atoms with van der Waals surface area (Å²) < 4.78 is 0. The topological polar surface area (TPSA) is 75.4 Å². The fourth-order valence-corrected chi connectivity index (χ4v) is 2.03. The van der Waals surface area contributed by atoms with Crippen LogP contribution in [0.5, 0.6) is 0 Å². The zero-order chi connectivity index (χ0) is 13.0. The molecule has 1 aliphatic rings. The summed E-state index contributed by atoms with van der Waals surface area (Å²) in [6.45, 7) is 6.79. The molecule has 1 saturated heterocycles. The van der Waals surface area contributed by atoms with E-state index in [1.165, 1.54) is 6.92 Å². The summed E-state index contributed by atoms with van der Waals surface area (Å²) in [5, 5.41) is 2.89. The molecule has 0 aromatic rings. The van der Waals surface area contributed by atoms with E-state index in [0.29, 0.717) is 13.1 Å². The van der Waals surface area contributed by atoms with Gasteiger partial charge in [-0.25, -0.2) is 0 Å². The van der Waals surface area contributed by atoms with Gasteiger partial charge in [-0.15, -0.1) is 0 Å². The second-order valence-corrected chi connectivity index (χ2v) is 5.07. The molecule has 0 spiro atoms. The maximum atomic E-state index is 12.0. The van der Waals surface area contributed by atoms with Gasteiger partial charge < -0.3 is 16.0 Å². The molecule has 1 aliphatic heterocycles. The molecule has 98 valence electrons. The molecular formula is C12H23N3O2. The van der Waals surface area contributed by atoms with Crippen LogP contribution in [-0.2, 0) is 9.59 Å². The molecule has 0 saturated carbocycles. The van der Waals surface area contributed by atoms with Crippen molar-refractivity contribution in [3.63, 3.8) is 0 Å². The number of nitrogens with zero attached hydrogens (tertiary/aromatic N) is 1. The first-order valence-corrected chi connectivity index (χ1v) is 6.23. The number of amides is 2. The molecule has 0 radical (unpaired) electrons. The first kappa shape index (κ1) is 14.0. The SMILES string of the molecule is CC(=O)NC1CCN(C(=O)[C@H](N)C(C)C)CC1. The van der Waals surface area contributed by atoms with Crippen LogP contribution in [0.15, 0.2) is 0 Å². The lowest BCUT2D eigenvalue weighted by atomic mass is 10.0. The first-order valence-electron chi connectivity index (χ1n) is 6.23. The van der Waals surface area contributed by atoms with Gasteiger partial charge in [0, 0.05) is 26.1 Å². The quantitative estimate of drug-likeness (QED) is 0.735. The van der Waals surface area contributed by atoms with E-state index < -0.39 is 6.04 Å². The van der Waals surface area contributed by atoms with Crippen molar-refractivity contribution in [2.75, 3.05) is 13.1 Å². The van der Waals surface area contributed by atoms with Gasteiger partial charge in [-0.3, -0.25) is 9.59 Å². The summed E-state index contributed by atoms with van der Waals surface area (Å²) >= 11 is 0. The molecule has 0 bridgehead atoms. The number of carbonyl (C=O) groups is 2. The van der Waals surface area contributed by atoms with Crippen LogP contribution in [0.4, 0.5) is 0 Å². The van der Waals surface area contributed by atoms with Crippen molar-refractivity contribution in [2.24, 2.45) is 11.7 Å². The number of likely N-dealkylation sites (tertiary alicyclic amines) is 1. The van der Waals surface area contributed by atoms with Crippen LogP contribution in [0.2, 0.25) is 0 Å². The van der Waals surface area contributed by atoms with E-state index in [0.717, 1.165) is 12.8 Å². The molecule has 5 heteroatoms. The number of nitrogens with one attached hydrogen (secondary N) is 1. The monoisotopic (exact) mass is 241 g/mol. The Morgan fingerprint density at radius 3 is 2.24 bits per heavy atom. The molecule has 3 N–H and O–H groups in total. The van der Waals surface area contributed by atoms with Crippen LogP contribution in [0.25, 0.3) is 0 Å². The highest BCUT2D eigenvalue weighted by molar-refractivity contribution is 5.82. The van der Waals surface area contributed by atoms with Crippen molar-refractivity contribution in [3.05, 3.63) is 0 Å². The van der Waals surface area contributed by atoms with Crippen molar-refractivity contribution >= 4 is 11.8 Å². The normalized spacial score (nSPS) is 19.2. The fourth-order valence-electron chi connectivity index (χ4n) is 2.03. The van der Waals surface area contributed by atoms with E-state index in [-0.39, 0.29) is 23.8 Å². The highest BCUT2D eigenvalue weighted by Gasteiger charge is 2.27. The van der Waals surface area contributed by atoms with E-state index in [1.54, 1.807) is 0 Å². The largest absolute Gasteiger partial charge is 0.353 e. The molecule has 0 aromatic carbocycles. The average Bonchev–Trinajstić information content (AvgIpc) is 2.27. The summed E-state index contributed by atoms with van der Waals surface area (Å²) in [4.78, 5) is 24.7. The Hall–Kier alpha value is -1.10. The molecule has 0 aliphatic carbocycles. The number of hydrogen-bond acceptors (Lipinski definition) is 3. The number of hydrogen-bond donors (Lipinski definition) is 2. The van der Waals surface area contributed by atoms with Crippen molar-refractivity contribution < 1.29 is 9.59 Å². The molecule has 1 atom stereocenters. The third kappa shape index (κ3) is 4.00. The minimum Gasteiger partial charge on any atom is -0.353 e. The third-order valence-electron chi connectivity index (χ3n) is 3.22. The highest BCUT2D eigenvalue weighted by atomic mass is 16.2. The Morgan fingerprint density at radius 2 is 1.82 bits per heavy atom. The molecule has 1 rings (SSSR count). The van der Waals surface area contributed by atoms with Gasteiger partial charge in [0.05, 0.1) is 6.04 Å². The van der Waals surface area contributed by atoms with E-state index >= 15 is 0 Å². The van der Waals surface area contributed by atoms with Crippen LogP contribution < -0.4 is 11.1 Å². The van der Waals surface area contributed by atoms with Gasteiger partial charge in [-0.05, 0) is 18.8 Å². The van der Waals surface area contributed by atoms with Crippen molar-refractivity contribution in [1.82, 2.24) is 10.2 Å². The lowest BCUT2D eigenvalue weighted by molar-refractivity contribution is -0.134. The Bertz CT molecular complexity index is 283. The van der Waals surface area contributed by atoms with Crippen molar-refractivity contribution in [3.8, 4) is 0 Å². The van der Waals surface area contributed by atoms with Crippen LogP contribution in [0.3, 0.4) is 0 Å². The zero-order valence-corrected chi connectivity index (χ0v) is 10.9. The summed E-state index contributed by atoms with van der Waals surface area (Å²) in [6, 6.07) is -0.209. The highest BCUT2D eigenvalue weighted by Crippen LogP contribution is 2.13. The molecule has 1 fully saturated rings. The van der Waals surface area contributed by atoms with Crippen LogP contribution >= 0.6 is 0 Å². The fraction of sp³-hybridized carbons (Fsp3) is 0.833. The van der Waals surface area contributed by atoms with Gasteiger partial charge in [-0.1, -0.05) is 13.8 Å². The Balaban J connectivity index is 2.41. The van der Waals surface area contributed by atoms with Gasteiger partial charge in [0.2, 0.25) is 11.8 Å². The predicted molar refractivity (Wildman–Crippen MR) is 66.2 cm³/mol. The molecule has 17 heavy (non-hydrogen) atoms. The molecule has 2 amide bonds. The minimum absolute atomic E-state index is 0.00587. The molecular weight excluding hydrogens is 218 g/mol. The Labute approximate surface area is 103 Å². The van der Waals surface area contributed by atoms with Crippen LogP contribution in [0.1, 0.15) is 33.6 Å². The number of piperidine rings is 1. The maximum absolute atomic E-state index is 12.0. The number of carbonyl (C=O) groups excluding carboxylic acids is 2. The molecule has 0 unspecified atom stereocenters. The van der Waals surface area contributed by atoms with Gasteiger partial charge in [-0.2, -0.15) is 0 Å². The standard InChI is InChI=1S/C12H23N3O2/c1-8(2)11(13)12(17)15-6-4-10(5-7-15)14-9(3)16/h8,10-11H,4-7,13H2,1-3H3,(H,14,16)/t11-/m1/s1. The minimum atomic E-state index is -0.410. The third-order valence-corrected chi connectivity index (χ3v) is 3.22. The maximum Gasteiger partial charge on any atom is 0.239 e.